The van der Waals surface area contributed by atoms with Crippen LogP contribution in [-0.4, -0.2) is 16.0 Å². The van der Waals surface area contributed by atoms with Crippen molar-refractivity contribution in [1.29, 1.82) is 0 Å². The van der Waals surface area contributed by atoms with Crippen molar-refractivity contribution in [3.63, 3.8) is 0 Å². The molecule has 0 fully saturated rings. The van der Waals surface area contributed by atoms with Crippen LogP contribution in [0.15, 0.2) is 42.5 Å². The summed E-state index contributed by atoms with van der Waals surface area (Å²) in [6.45, 7) is 0. The first kappa shape index (κ1) is 13.8. The van der Waals surface area contributed by atoms with Crippen molar-refractivity contribution < 1.29 is 19.6 Å². The average Bonchev–Trinajstić information content (AvgIpc) is 2.38. The van der Waals surface area contributed by atoms with Gasteiger partial charge in [0.2, 0.25) is 0 Å². The number of halogens is 1. The van der Waals surface area contributed by atoms with Gasteiger partial charge in [-0.1, -0.05) is 17.7 Å². The molecule has 0 amide bonds. The van der Waals surface area contributed by atoms with E-state index in [2.05, 4.69) is 0 Å². The smallest absolute Gasteiger partial charge is 0.339 e. The van der Waals surface area contributed by atoms with Crippen molar-refractivity contribution in [1.82, 2.24) is 0 Å². The van der Waals surface area contributed by atoms with E-state index < -0.39 is 10.9 Å². The van der Waals surface area contributed by atoms with Gasteiger partial charge in [-0.2, -0.15) is 0 Å². The Kier molecular flexibility index (Phi) is 3.86. The number of hydrogen-bond donors (Lipinski definition) is 1. The van der Waals surface area contributed by atoms with Crippen molar-refractivity contribution in [3.05, 3.63) is 63.2 Å². The van der Waals surface area contributed by atoms with Crippen LogP contribution in [0.4, 0.5) is 5.69 Å². The molecule has 2 rings (SSSR count). The minimum atomic E-state index is -1.18. The quantitative estimate of drug-likeness (QED) is 0.685. The number of carboxylic acid groups (broad SMARTS) is 1. The zero-order chi connectivity index (χ0) is 14.7. The lowest BCUT2D eigenvalue weighted by Crippen LogP contribution is -2.00. The summed E-state index contributed by atoms with van der Waals surface area (Å²) in [4.78, 5) is 21.2. The van der Waals surface area contributed by atoms with Crippen molar-refractivity contribution in [3.8, 4) is 11.5 Å². The number of hydrogen-bond acceptors (Lipinski definition) is 4. The van der Waals surface area contributed by atoms with Crippen molar-refractivity contribution in [2.45, 2.75) is 0 Å². The largest absolute Gasteiger partial charge is 0.478 e. The molecule has 0 saturated heterocycles. The summed E-state index contributed by atoms with van der Waals surface area (Å²) in [5, 5.41) is 20.0. The van der Waals surface area contributed by atoms with Crippen LogP contribution in [0.5, 0.6) is 11.5 Å². The first-order chi connectivity index (χ1) is 9.47. The Morgan fingerprint density at radius 3 is 2.65 bits per heavy atom. The van der Waals surface area contributed by atoms with E-state index in [9.17, 15) is 14.9 Å². The minimum absolute atomic E-state index is 0.0190. The van der Waals surface area contributed by atoms with E-state index in [0.29, 0.717) is 5.02 Å². The highest BCUT2D eigenvalue weighted by atomic mass is 35.5. The number of rotatable bonds is 4. The van der Waals surface area contributed by atoms with Gasteiger partial charge in [0.25, 0.3) is 5.69 Å². The topological polar surface area (TPSA) is 89.7 Å². The van der Waals surface area contributed by atoms with Gasteiger partial charge in [-0.25, -0.2) is 4.79 Å². The van der Waals surface area contributed by atoms with E-state index >= 15 is 0 Å². The second-order valence-corrected chi connectivity index (χ2v) is 4.24. The summed E-state index contributed by atoms with van der Waals surface area (Å²) in [5.41, 5.74) is -0.234. The number of ether oxygens (including phenoxy) is 1. The molecule has 2 aromatic rings. The zero-order valence-corrected chi connectivity index (χ0v) is 10.7. The molecule has 0 aliphatic rings. The molecule has 0 aliphatic carbocycles. The summed E-state index contributed by atoms with van der Waals surface area (Å²) in [6, 6.07) is 9.50. The maximum absolute atomic E-state index is 11.1. The van der Waals surface area contributed by atoms with Crippen LogP contribution in [0.1, 0.15) is 10.4 Å². The van der Waals surface area contributed by atoms with Gasteiger partial charge in [0.15, 0.2) is 0 Å². The highest BCUT2D eigenvalue weighted by molar-refractivity contribution is 6.30. The van der Waals surface area contributed by atoms with Crippen LogP contribution in [0, 0.1) is 10.1 Å². The highest BCUT2D eigenvalue weighted by Gasteiger charge is 2.14. The normalized spacial score (nSPS) is 10.1. The molecule has 0 aromatic heterocycles. The number of nitro groups is 1. The van der Waals surface area contributed by atoms with E-state index in [4.69, 9.17) is 21.4 Å². The summed E-state index contributed by atoms with van der Waals surface area (Å²) >= 11 is 5.79. The molecule has 20 heavy (non-hydrogen) atoms. The van der Waals surface area contributed by atoms with Gasteiger partial charge in [-0.05, 0) is 18.2 Å². The molecule has 0 aliphatic heterocycles. The minimum Gasteiger partial charge on any atom is -0.478 e. The van der Waals surface area contributed by atoms with E-state index in [1.165, 1.54) is 42.5 Å². The maximum Gasteiger partial charge on any atom is 0.339 e. The monoisotopic (exact) mass is 293 g/mol. The number of non-ortho nitro benzene ring substituents is 1. The standard InChI is InChI=1S/C13H8ClNO5/c14-8-4-5-11(13(16)17)12(6-8)20-10-3-1-2-9(7-10)15(18)19/h1-7H,(H,16,17). The van der Waals surface area contributed by atoms with Gasteiger partial charge in [0, 0.05) is 17.2 Å². The Morgan fingerprint density at radius 1 is 1.25 bits per heavy atom. The second kappa shape index (κ2) is 5.58. The number of benzene rings is 2. The van der Waals surface area contributed by atoms with Gasteiger partial charge >= 0.3 is 5.97 Å². The van der Waals surface area contributed by atoms with Gasteiger partial charge in [0.1, 0.15) is 17.1 Å². The molecule has 2 aromatic carbocycles. The predicted molar refractivity (Wildman–Crippen MR) is 71.6 cm³/mol. The lowest BCUT2D eigenvalue weighted by molar-refractivity contribution is -0.384. The molecule has 0 unspecified atom stereocenters. The van der Waals surface area contributed by atoms with Crippen LogP contribution in [-0.2, 0) is 0 Å². The van der Waals surface area contributed by atoms with E-state index in [0.717, 1.165) is 0 Å². The third kappa shape index (κ3) is 3.04. The van der Waals surface area contributed by atoms with Gasteiger partial charge in [-0.15, -0.1) is 0 Å². The third-order valence-electron chi connectivity index (χ3n) is 2.43. The number of carboxylic acids is 1. The van der Waals surface area contributed by atoms with Crippen molar-refractivity contribution >= 4 is 23.3 Å². The van der Waals surface area contributed by atoms with Gasteiger partial charge in [0.05, 0.1) is 11.0 Å². The molecule has 0 spiro atoms. The maximum atomic E-state index is 11.1. The number of nitro benzene ring substituents is 1. The van der Waals surface area contributed by atoms with Crippen molar-refractivity contribution in [2.24, 2.45) is 0 Å². The zero-order valence-electron chi connectivity index (χ0n) is 9.95. The molecule has 0 atom stereocenters. The molecule has 102 valence electrons. The summed E-state index contributed by atoms with van der Waals surface area (Å²) in [7, 11) is 0. The third-order valence-corrected chi connectivity index (χ3v) is 2.67. The number of carbonyl (C=O) groups is 1. The summed E-state index contributed by atoms with van der Waals surface area (Å²) in [6.07, 6.45) is 0. The fourth-order valence-corrected chi connectivity index (χ4v) is 1.71. The SMILES string of the molecule is O=C(O)c1ccc(Cl)cc1Oc1cccc([N+](=O)[O-])c1. The van der Waals surface area contributed by atoms with E-state index in [1.807, 2.05) is 0 Å². The van der Waals surface area contributed by atoms with Crippen LogP contribution in [0.25, 0.3) is 0 Å². The molecule has 6 nitrogen and oxygen atoms in total. The Bertz CT molecular complexity index is 686. The molecular formula is C13H8ClNO5. The number of nitrogens with zero attached hydrogens (tertiary/aromatic N) is 1. The fraction of sp³-hybridized carbons (Fsp3) is 0. The molecule has 0 radical (unpaired) electrons. The first-order valence-electron chi connectivity index (χ1n) is 5.42. The molecule has 0 heterocycles. The Labute approximate surface area is 118 Å². The molecule has 1 N–H and O–H groups in total. The Morgan fingerprint density at radius 2 is 2.00 bits per heavy atom. The van der Waals surface area contributed by atoms with Crippen LogP contribution < -0.4 is 4.74 Å². The predicted octanol–water partition coefficient (Wildman–Crippen LogP) is 3.74. The number of aromatic carboxylic acids is 1. The van der Waals surface area contributed by atoms with Gasteiger partial charge in [-0.3, -0.25) is 10.1 Å². The van der Waals surface area contributed by atoms with E-state index in [1.54, 1.807) is 0 Å². The first-order valence-corrected chi connectivity index (χ1v) is 5.80. The summed E-state index contributed by atoms with van der Waals surface area (Å²) < 4.78 is 5.37. The molecule has 7 heteroatoms. The van der Waals surface area contributed by atoms with Crippen LogP contribution in [0.2, 0.25) is 5.02 Å². The fourth-order valence-electron chi connectivity index (χ4n) is 1.54. The Hall–Kier alpha value is -2.60. The van der Waals surface area contributed by atoms with Crippen LogP contribution in [0.3, 0.4) is 0 Å². The molecule has 0 bridgehead atoms. The highest BCUT2D eigenvalue weighted by Crippen LogP contribution is 2.30. The summed E-state index contributed by atoms with van der Waals surface area (Å²) in [5.74, 6) is -1.00. The Balaban J connectivity index is 2.39. The molecular weight excluding hydrogens is 286 g/mol. The van der Waals surface area contributed by atoms with E-state index in [-0.39, 0.29) is 22.7 Å². The second-order valence-electron chi connectivity index (χ2n) is 3.80. The lowest BCUT2D eigenvalue weighted by atomic mass is 10.2. The van der Waals surface area contributed by atoms with Gasteiger partial charge < -0.3 is 9.84 Å². The lowest BCUT2D eigenvalue weighted by Gasteiger charge is -2.08. The molecule has 0 saturated carbocycles. The average molecular weight is 294 g/mol. The van der Waals surface area contributed by atoms with Crippen LogP contribution >= 0.6 is 11.6 Å². The van der Waals surface area contributed by atoms with Crippen molar-refractivity contribution in [2.75, 3.05) is 0 Å².